The van der Waals surface area contributed by atoms with E-state index >= 15 is 0 Å². The van der Waals surface area contributed by atoms with Crippen LogP contribution in [-0.2, 0) is 6.54 Å². The molecule has 3 heteroatoms. The first-order valence-corrected chi connectivity index (χ1v) is 6.65. The van der Waals surface area contributed by atoms with Crippen LogP contribution in [0.15, 0.2) is 16.5 Å². The van der Waals surface area contributed by atoms with E-state index in [0.717, 1.165) is 30.5 Å². The highest BCUT2D eigenvalue weighted by molar-refractivity contribution is 5.05. The second-order valence-corrected chi connectivity index (χ2v) is 5.39. The van der Waals surface area contributed by atoms with Gasteiger partial charge in [0.15, 0.2) is 0 Å². The summed E-state index contributed by atoms with van der Waals surface area (Å²) in [5.41, 5.74) is 0. The van der Waals surface area contributed by atoms with Gasteiger partial charge in [-0.15, -0.1) is 0 Å². The van der Waals surface area contributed by atoms with Crippen LogP contribution >= 0.6 is 0 Å². The van der Waals surface area contributed by atoms with Gasteiger partial charge in [0, 0.05) is 12.6 Å². The fraction of sp³-hybridized carbons (Fsp3) is 0.714. The summed E-state index contributed by atoms with van der Waals surface area (Å²) in [6.07, 6.45) is 1.32. The molecular formula is C14H24N2O. The molecule has 0 spiro atoms. The molecular weight excluding hydrogens is 212 g/mol. The Morgan fingerprint density at radius 2 is 2.29 bits per heavy atom. The number of aryl methyl sites for hydroxylation is 1. The molecule has 1 aliphatic rings. The third-order valence-corrected chi connectivity index (χ3v) is 3.58. The topological polar surface area (TPSA) is 28.4 Å². The Morgan fingerprint density at radius 3 is 2.88 bits per heavy atom. The van der Waals surface area contributed by atoms with E-state index in [2.05, 4.69) is 30.1 Å². The Kier molecular flexibility index (Phi) is 4.24. The zero-order valence-electron chi connectivity index (χ0n) is 11.2. The summed E-state index contributed by atoms with van der Waals surface area (Å²) in [5, 5.41) is 3.50. The van der Waals surface area contributed by atoms with Gasteiger partial charge in [-0.25, -0.2) is 0 Å². The quantitative estimate of drug-likeness (QED) is 0.851. The van der Waals surface area contributed by atoms with Gasteiger partial charge in [0.1, 0.15) is 11.5 Å². The van der Waals surface area contributed by atoms with Gasteiger partial charge in [0.05, 0.1) is 6.54 Å². The number of hydrogen-bond donors (Lipinski definition) is 1. The SMILES string of the molecule is Cc1ccc(CNCC2CCN(C(C)C)C2)o1. The summed E-state index contributed by atoms with van der Waals surface area (Å²) in [7, 11) is 0. The van der Waals surface area contributed by atoms with Crippen LogP contribution in [0, 0.1) is 12.8 Å². The average molecular weight is 236 g/mol. The van der Waals surface area contributed by atoms with Crippen LogP contribution < -0.4 is 5.32 Å². The van der Waals surface area contributed by atoms with E-state index in [9.17, 15) is 0 Å². The molecule has 0 bridgehead atoms. The molecule has 1 unspecified atom stereocenters. The van der Waals surface area contributed by atoms with Crippen LogP contribution in [0.1, 0.15) is 31.8 Å². The standard InChI is InChI=1S/C14H24N2O/c1-11(2)16-7-6-13(10-16)8-15-9-14-5-4-12(3)17-14/h4-5,11,13,15H,6-10H2,1-3H3. The lowest BCUT2D eigenvalue weighted by atomic mass is 10.1. The fourth-order valence-corrected chi connectivity index (χ4v) is 2.48. The van der Waals surface area contributed by atoms with Gasteiger partial charge in [0.25, 0.3) is 0 Å². The maximum atomic E-state index is 5.53. The Balaban J connectivity index is 1.66. The van der Waals surface area contributed by atoms with Crippen LogP contribution in [0.5, 0.6) is 0 Å². The number of furan rings is 1. The molecule has 17 heavy (non-hydrogen) atoms. The molecule has 0 saturated carbocycles. The van der Waals surface area contributed by atoms with Gasteiger partial charge in [0.2, 0.25) is 0 Å². The van der Waals surface area contributed by atoms with Crippen molar-refractivity contribution in [3.63, 3.8) is 0 Å². The van der Waals surface area contributed by atoms with E-state index in [1.165, 1.54) is 19.5 Å². The second-order valence-electron chi connectivity index (χ2n) is 5.39. The number of nitrogens with zero attached hydrogens (tertiary/aromatic N) is 1. The molecule has 96 valence electrons. The number of rotatable bonds is 5. The van der Waals surface area contributed by atoms with Crippen molar-refractivity contribution in [3.05, 3.63) is 23.7 Å². The lowest BCUT2D eigenvalue weighted by Gasteiger charge is -2.20. The van der Waals surface area contributed by atoms with E-state index in [1.807, 2.05) is 13.0 Å². The molecule has 1 fully saturated rings. The Bertz CT molecular complexity index is 346. The third-order valence-electron chi connectivity index (χ3n) is 3.58. The first-order valence-electron chi connectivity index (χ1n) is 6.65. The van der Waals surface area contributed by atoms with Crippen LogP contribution in [0.2, 0.25) is 0 Å². The minimum absolute atomic E-state index is 0.688. The van der Waals surface area contributed by atoms with E-state index < -0.39 is 0 Å². The predicted molar refractivity (Wildman–Crippen MR) is 70.0 cm³/mol. The van der Waals surface area contributed by atoms with Crippen molar-refractivity contribution in [2.75, 3.05) is 19.6 Å². The van der Waals surface area contributed by atoms with Gasteiger partial charge >= 0.3 is 0 Å². The summed E-state index contributed by atoms with van der Waals surface area (Å²) in [4.78, 5) is 2.56. The highest BCUT2D eigenvalue weighted by Gasteiger charge is 2.23. The molecule has 1 aromatic rings. The van der Waals surface area contributed by atoms with Crippen molar-refractivity contribution in [1.82, 2.24) is 10.2 Å². The van der Waals surface area contributed by atoms with Crippen LogP contribution in [-0.4, -0.2) is 30.6 Å². The zero-order valence-corrected chi connectivity index (χ0v) is 11.2. The Morgan fingerprint density at radius 1 is 1.47 bits per heavy atom. The summed E-state index contributed by atoms with van der Waals surface area (Å²) in [5.74, 6) is 2.84. The molecule has 1 aliphatic heterocycles. The van der Waals surface area contributed by atoms with E-state index in [0.29, 0.717) is 6.04 Å². The lowest BCUT2D eigenvalue weighted by molar-refractivity contribution is 0.263. The van der Waals surface area contributed by atoms with Gasteiger partial charge in [-0.1, -0.05) is 0 Å². The zero-order chi connectivity index (χ0) is 12.3. The van der Waals surface area contributed by atoms with Crippen LogP contribution in [0.25, 0.3) is 0 Å². The Hall–Kier alpha value is -0.800. The minimum Gasteiger partial charge on any atom is -0.465 e. The van der Waals surface area contributed by atoms with Crippen molar-refractivity contribution >= 4 is 0 Å². The largest absolute Gasteiger partial charge is 0.465 e. The van der Waals surface area contributed by atoms with E-state index in [4.69, 9.17) is 4.42 Å². The molecule has 1 saturated heterocycles. The summed E-state index contributed by atoms with van der Waals surface area (Å²) in [6, 6.07) is 4.76. The molecule has 2 heterocycles. The van der Waals surface area contributed by atoms with Gasteiger partial charge < -0.3 is 14.6 Å². The lowest BCUT2D eigenvalue weighted by Crippen LogP contribution is -2.30. The Labute approximate surface area is 104 Å². The van der Waals surface area contributed by atoms with Gasteiger partial charge in [-0.05, 0) is 58.3 Å². The smallest absolute Gasteiger partial charge is 0.117 e. The summed E-state index contributed by atoms with van der Waals surface area (Å²) < 4.78 is 5.53. The molecule has 1 atom stereocenters. The molecule has 1 aromatic heterocycles. The fourth-order valence-electron chi connectivity index (χ4n) is 2.48. The van der Waals surface area contributed by atoms with E-state index in [-0.39, 0.29) is 0 Å². The van der Waals surface area contributed by atoms with E-state index in [1.54, 1.807) is 0 Å². The first kappa shape index (κ1) is 12.7. The van der Waals surface area contributed by atoms with Crippen molar-refractivity contribution < 1.29 is 4.42 Å². The molecule has 2 rings (SSSR count). The molecule has 0 aromatic carbocycles. The first-order chi connectivity index (χ1) is 8.15. The third kappa shape index (κ3) is 3.58. The normalized spacial score (nSPS) is 21.5. The maximum Gasteiger partial charge on any atom is 0.117 e. The minimum atomic E-state index is 0.688. The number of nitrogens with one attached hydrogen (secondary N) is 1. The highest BCUT2D eigenvalue weighted by Crippen LogP contribution is 2.17. The summed E-state index contributed by atoms with van der Waals surface area (Å²) >= 11 is 0. The average Bonchev–Trinajstić information content (AvgIpc) is 2.88. The molecule has 0 radical (unpaired) electrons. The van der Waals surface area contributed by atoms with Crippen molar-refractivity contribution in [3.8, 4) is 0 Å². The van der Waals surface area contributed by atoms with Crippen molar-refractivity contribution in [1.29, 1.82) is 0 Å². The van der Waals surface area contributed by atoms with Crippen molar-refractivity contribution in [2.24, 2.45) is 5.92 Å². The molecule has 0 amide bonds. The molecule has 1 N–H and O–H groups in total. The van der Waals surface area contributed by atoms with Crippen LogP contribution in [0.4, 0.5) is 0 Å². The number of likely N-dealkylation sites (tertiary alicyclic amines) is 1. The summed E-state index contributed by atoms with van der Waals surface area (Å²) in [6.45, 7) is 11.0. The van der Waals surface area contributed by atoms with Crippen molar-refractivity contribution in [2.45, 2.75) is 39.8 Å². The number of hydrogen-bond acceptors (Lipinski definition) is 3. The molecule has 3 nitrogen and oxygen atoms in total. The van der Waals surface area contributed by atoms with Gasteiger partial charge in [-0.3, -0.25) is 0 Å². The molecule has 0 aliphatic carbocycles. The maximum absolute atomic E-state index is 5.53. The van der Waals surface area contributed by atoms with Gasteiger partial charge in [-0.2, -0.15) is 0 Å². The van der Waals surface area contributed by atoms with Crippen LogP contribution in [0.3, 0.4) is 0 Å². The monoisotopic (exact) mass is 236 g/mol. The predicted octanol–water partition coefficient (Wildman–Crippen LogP) is 2.41. The highest BCUT2D eigenvalue weighted by atomic mass is 16.3. The second kappa shape index (κ2) is 5.69.